The van der Waals surface area contributed by atoms with Crippen molar-refractivity contribution in [2.45, 2.75) is 65.7 Å². The van der Waals surface area contributed by atoms with Crippen LogP contribution in [0.1, 0.15) is 48.5 Å². The van der Waals surface area contributed by atoms with Crippen LogP contribution >= 0.6 is 7.60 Å². The second-order valence-electron chi connectivity index (χ2n) is 9.77. The van der Waals surface area contributed by atoms with E-state index >= 15 is 0 Å². The third-order valence-electron chi connectivity index (χ3n) is 5.10. The molecule has 0 aliphatic rings. The molecule has 0 saturated carbocycles. The van der Waals surface area contributed by atoms with Gasteiger partial charge in [0.2, 0.25) is 0 Å². The number of benzene rings is 2. The van der Waals surface area contributed by atoms with Gasteiger partial charge in [-0.15, -0.1) is 0 Å². The summed E-state index contributed by atoms with van der Waals surface area (Å²) < 4.78 is 31.2. The van der Waals surface area contributed by atoms with E-state index in [1.165, 1.54) is 16.2 Å². The molecule has 0 N–H and O–H groups in total. The minimum Gasteiger partial charge on any atom is -0.403 e. The SMILES string of the molecule is C=C(/C=C/P(=O)(OC(C)C)OC(C)C)CO[Si](c1ccccc1)(c1ccccc1)C(C)(C)C. The van der Waals surface area contributed by atoms with E-state index in [0.29, 0.717) is 12.2 Å². The van der Waals surface area contributed by atoms with Crippen molar-refractivity contribution < 1.29 is 18.0 Å². The van der Waals surface area contributed by atoms with Crippen molar-refractivity contribution in [2.24, 2.45) is 0 Å². The van der Waals surface area contributed by atoms with Crippen LogP contribution in [0.2, 0.25) is 5.04 Å². The summed E-state index contributed by atoms with van der Waals surface area (Å²) in [5.41, 5.74) is 0.711. The molecule has 0 aromatic heterocycles. The molecule has 6 heteroatoms. The van der Waals surface area contributed by atoms with Crippen LogP contribution in [-0.4, -0.2) is 27.1 Å². The summed E-state index contributed by atoms with van der Waals surface area (Å²) >= 11 is 0. The molecule has 0 fully saturated rings. The zero-order chi connectivity index (χ0) is 24.7. The molecule has 4 nitrogen and oxygen atoms in total. The van der Waals surface area contributed by atoms with Gasteiger partial charge >= 0.3 is 7.60 Å². The van der Waals surface area contributed by atoms with Crippen LogP contribution in [-0.2, 0) is 18.0 Å². The third-order valence-corrected chi connectivity index (χ3v) is 12.0. The molecule has 2 aromatic carbocycles. The van der Waals surface area contributed by atoms with Crippen molar-refractivity contribution in [2.75, 3.05) is 6.61 Å². The zero-order valence-corrected chi connectivity index (χ0v) is 23.0. The van der Waals surface area contributed by atoms with E-state index in [-0.39, 0.29) is 17.2 Å². The first-order valence-electron chi connectivity index (χ1n) is 11.5. The summed E-state index contributed by atoms with van der Waals surface area (Å²) in [7, 11) is -6.05. The fourth-order valence-electron chi connectivity index (χ4n) is 3.89. The predicted octanol–water partition coefficient (Wildman–Crippen LogP) is 6.68. The van der Waals surface area contributed by atoms with Gasteiger partial charge < -0.3 is 13.5 Å². The largest absolute Gasteiger partial charge is 0.403 e. The molecular weight excluding hydrogens is 447 g/mol. The van der Waals surface area contributed by atoms with E-state index in [4.69, 9.17) is 13.5 Å². The maximum absolute atomic E-state index is 13.1. The Morgan fingerprint density at radius 3 is 1.70 bits per heavy atom. The Labute approximate surface area is 201 Å². The van der Waals surface area contributed by atoms with Crippen molar-refractivity contribution in [3.63, 3.8) is 0 Å². The van der Waals surface area contributed by atoms with Gasteiger partial charge in [-0.05, 0) is 54.8 Å². The molecule has 0 spiro atoms. The van der Waals surface area contributed by atoms with Crippen LogP contribution < -0.4 is 10.4 Å². The lowest BCUT2D eigenvalue weighted by Crippen LogP contribution is -2.66. The van der Waals surface area contributed by atoms with Gasteiger partial charge in [0.15, 0.2) is 0 Å². The smallest absolute Gasteiger partial charge is 0.354 e. The lowest BCUT2D eigenvalue weighted by atomic mass is 10.2. The summed E-state index contributed by atoms with van der Waals surface area (Å²) in [5, 5.41) is 2.28. The Kier molecular flexibility index (Phi) is 9.66. The average Bonchev–Trinajstić information content (AvgIpc) is 2.72. The van der Waals surface area contributed by atoms with E-state index in [1.807, 2.05) is 39.8 Å². The van der Waals surface area contributed by atoms with E-state index in [1.54, 1.807) is 6.08 Å². The molecule has 2 rings (SSSR count). The van der Waals surface area contributed by atoms with Crippen LogP contribution in [0.4, 0.5) is 0 Å². The quantitative estimate of drug-likeness (QED) is 0.202. The Balaban J connectivity index is 2.37. The molecule has 180 valence electrons. The lowest BCUT2D eigenvalue weighted by Gasteiger charge is -2.43. The lowest BCUT2D eigenvalue weighted by molar-refractivity contribution is 0.149. The molecular formula is C27H39O4PSi. The molecule has 0 bridgehead atoms. The first-order valence-corrected chi connectivity index (χ1v) is 15.0. The fourth-order valence-corrected chi connectivity index (χ4v) is 10.2. The highest BCUT2D eigenvalue weighted by molar-refractivity contribution is 7.57. The van der Waals surface area contributed by atoms with Crippen LogP contribution in [0.5, 0.6) is 0 Å². The summed E-state index contributed by atoms with van der Waals surface area (Å²) in [6, 6.07) is 20.9. The third kappa shape index (κ3) is 7.36. The van der Waals surface area contributed by atoms with Gasteiger partial charge in [-0.2, -0.15) is 0 Å². The molecule has 0 atom stereocenters. The van der Waals surface area contributed by atoms with Crippen molar-refractivity contribution in [3.8, 4) is 0 Å². The monoisotopic (exact) mass is 486 g/mol. The van der Waals surface area contributed by atoms with Gasteiger partial charge in [0, 0.05) is 5.82 Å². The van der Waals surface area contributed by atoms with Crippen molar-refractivity contribution in [1.29, 1.82) is 0 Å². The van der Waals surface area contributed by atoms with E-state index in [0.717, 1.165) is 0 Å². The normalized spacial score (nSPS) is 13.2. The topological polar surface area (TPSA) is 44.8 Å². The minimum absolute atomic E-state index is 0.128. The number of rotatable bonds is 11. The first kappa shape index (κ1) is 27.5. The molecule has 0 heterocycles. The van der Waals surface area contributed by atoms with Crippen molar-refractivity contribution in [3.05, 3.63) is 84.7 Å². The van der Waals surface area contributed by atoms with Gasteiger partial charge in [0.05, 0.1) is 18.8 Å². The van der Waals surface area contributed by atoms with Crippen molar-refractivity contribution in [1.82, 2.24) is 0 Å². The van der Waals surface area contributed by atoms with E-state index < -0.39 is 15.9 Å². The standard InChI is InChI=1S/C27H39O4PSi/c1-22(2)30-32(28,31-23(3)4)20-19-24(5)21-29-33(27(6,7)8,25-15-11-9-12-16-25)26-17-13-10-14-18-26/h9-20,22-23H,5,21H2,1-4,6-8H3/b20-19+. The molecule has 0 amide bonds. The minimum atomic E-state index is -3.38. The van der Waals surface area contributed by atoms with Crippen molar-refractivity contribution >= 4 is 26.3 Å². The highest BCUT2D eigenvalue weighted by atomic mass is 31.2. The number of hydrogen-bond acceptors (Lipinski definition) is 4. The molecule has 0 radical (unpaired) electrons. The van der Waals surface area contributed by atoms with Gasteiger partial charge in [0.1, 0.15) is 0 Å². The van der Waals surface area contributed by atoms with E-state index in [2.05, 4.69) is 75.9 Å². The Morgan fingerprint density at radius 2 is 1.33 bits per heavy atom. The Morgan fingerprint density at radius 1 is 0.909 bits per heavy atom. The zero-order valence-electron chi connectivity index (χ0n) is 21.1. The van der Waals surface area contributed by atoms with Crippen LogP contribution in [0.25, 0.3) is 0 Å². The van der Waals surface area contributed by atoms with Crippen LogP contribution in [0.15, 0.2) is 84.7 Å². The molecule has 2 aromatic rings. The Bertz CT molecular complexity index is 909. The van der Waals surface area contributed by atoms with Gasteiger partial charge in [-0.1, -0.05) is 88.0 Å². The maximum Gasteiger partial charge on any atom is 0.354 e. The Hall–Kier alpha value is -1.75. The first-order chi connectivity index (χ1) is 15.4. The second-order valence-corrected chi connectivity index (χ2v) is 15.9. The molecule has 0 aliphatic heterocycles. The molecule has 0 saturated heterocycles. The maximum atomic E-state index is 13.1. The molecule has 0 unspecified atom stereocenters. The van der Waals surface area contributed by atoms with Crippen LogP contribution in [0, 0.1) is 0 Å². The summed E-state index contributed by atoms with van der Waals surface area (Å²) in [6.07, 6.45) is 1.27. The summed E-state index contributed by atoms with van der Waals surface area (Å²) in [6.45, 7) is 18.5. The summed E-state index contributed by atoms with van der Waals surface area (Å²) in [4.78, 5) is 0. The average molecular weight is 487 g/mol. The van der Waals surface area contributed by atoms with Crippen LogP contribution in [0.3, 0.4) is 0 Å². The molecule has 33 heavy (non-hydrogen) atoms. The number of hydrogen-bond donors (Lipinski definition) is 0. The van der Waals surface area contributed by atoms with Gasteiger partial charge in [0.25, 0.3) is 8.32 Å². The predicted molar refractivity (Wildman–Crippen MR) is 142 cm³/mol. The second kappa shape index (κ2) is 11.6. The van der Waals surface area contributed by atoms with Gasteiger partial charge in [-0.3, -0.25) is 4.57 Å². The molecule has 0 aliphatic carbocycles. The highest BCUT2D eigenvalue weighted by Gasteiger charge is 2.50. The van der Waals surface area contributed by atoms with E-state index in [9.17, 15) is 4.57 Å². The fraction of sp³-hybridized carbons (Fsp3) is 0.407. The highest BCUT2D eigenvalue weighted by Crippen LogP contribution is 2.52. The summed E-state index contributed by atoms with van der Waals surface area (Å²) in [5.74, 6) is 1.50. The van der Waals surface area contributed by atoms with Gasteiger partial charge in [-0.25, -0.2) is 0 Å².